The molecule has 2 N–H and O–H groups in total. The number of carbonyl (C=O) groups is 1. The van der Waals surface area contributed by atoms with E-state index in [4.69, 9.17) is 9.84 Å². The van der Waals surface area contributed by atoms with E-state index in [0.717, 1.165) is 32.1 Å². The van der Waals surface area contributed by atoms with Gasteiger partial charge in [-0.05, 0) is 38.5 Å². The van der Waals surface area contributed by atoms with Crippen LogP contribution in [0.15, 0.2) is 0 Å². The molecule has 4 nitrogen and oxygen atoms in total. The lowest BCUT2D eigenvalue weighted by molar-refractivity contribution is -0.143. The Hall–Kier alpha value is -0.610. The van der Waals surface area contributed by atoms with Gasteiger partial charge in [-0.15, -0.1) is 0 Å². The SMILES string of the molecule is O=C(O)C1CCCC(NC2CC3CCC2O3)C1. The van der Waals surface area contributed by atoms with Crippen molar-refractivity contribution in [3.05, 3.63) is 0 Å². The quantitative estimate of drug-likeness (QED) is 0.784. The molecule has 3 rings (SSSR count). The summed E-state index contributed by atoms with van der Waals surface area (Å²) < 4.78 is 5.82. The summed E-state index contributed by atoms with van der Waals surface area (Å²) in [5, 5.41) is 12.7. The number of hydrogen-bond acceptors (Lipinski definition) is 3. The molecule has 0 aromatic heterocycles. The van der Waals surface area contributed by atoms with Gasteiger partial charge in [0, 0.05) is 12.1 Å². The van der Waals surface area contributed by atoms with E-state index >= 15 is 0 Å². The number of carboxylic acids is 1. The molecule has 0 spiro atoms. The van der Waals surface area contributed by atoms with Crippen molar-refractivity contribution in [2.24, 2.45) is 5.92 Å². The Labute approximate surface area is 102 Å². The summed E-state index contributed by atoms with van der Waals surface area (Å²) in [7, 11) is 0. The molecule has 1 saturated carbocycles. The van der Waals surface area contributed by atoms with Crippen molar-refractivity contribution < 1.29 is 14.6 Å². The molecule has 2 bridgehead atoms. The van der Waals surface area contributed by atoms with Gasteiger partial charge >= 0.3 is 5.97 Å². The Bertz CT molecular complexity index is 307. The summed E-state index contributed by atoms with van der Waals surface area (Å²) in [5.74, 6) is -0.763. The Balaban J connectivity index is 1.53. The molecular formula is C13H21NO3. The van der Waals surface area contributed by atoms with Crippen LogP contribution in [0.4, 0.5) is 0 Å². The molecule has 2 aliphatic heterocycles. The van der Waals surface area contributed by atoms with Crippen LogP contribution < -0.4 is 5.32 Å². The summed E-state index contributed by atoms with van der Waals surface area (Å²) in [5.41, 5.74) is 0. The third kappa shape index (κ3) is 2.33. The number of rotatable bonds is 3. The molecule has 5 unspecified atom stereocenters. The van der Waals surface area contributed by atoms with Gasteiger partial charge < -0.3 is 15.2 Å². The fourth-order valence-corrected chi connectivity index (χ4v) is 3.68. The van der Waals surface area contributed by atoms with Gasteiger partial charge in [0.25, 0.3) is 0 Å². The van der Waals surface area contributed by atoms with E-state index in [0.29, 0.717) is 24.3 Å². The van der Waals surface area contributed by atoms with Crippen LogP contribution in [0, 0.1) is 5.92 Å². The van der Waals surface area contributed by atoms with Crippen LogP contribution in [-0.4, -0.2) is 35.4 Å². The van der Waals surface area contributed by atoms with Crippen molar-refractivity contribution in [1.29, 1.82) is 0 Å². The molecule has 5 atom stereocenters. The highest BCUT2D eigenvalue weighted by molar-refractivity contribution is 5.70. The summed E-state index contributed by atoms with van der Waals surface area (Å²) in [4.78, 5) is 11.0. The predicted octanol–water partition coefficient (Wildman–Crippen LogP) is 1.54. The van der Waals surface area contributed by atoms with Crippen molar-refractivity contribution in [2.45, 2.75) is 69.2 Å². The minimum Gasteiger partial charge on any atom is -0.481 e. The highest BCUT2D eigenvalue weighted by Gasteiger charge is 2.41. The number of carboxylic acid groups (broad SMARTS) is 1. The zero-order valence-electron chi connectivity index (χ0n) is 10.1. The van der Waals surface area contributed by atoms with Crippen molar-refractivity contribution >= 4 is 5.97 Å². The topological polar surface area (TPSA) is 58.6 Å². The van der Waals surface area contributed by atoms with Crippen LogP contribution in [0.2, 0.25) is 0 Å². The second kappa shape index (κ2) is 4.58. The van der Waals surface area contributed by atoms with Gasteiger partial charge in [-0.3, -0.25) is 4.79 Å². The molecule has 0 aromatic carbocycles. The van der Waals surface area contributed by atoms with E-state index in [1.54, 1.807) is 0 Å². The standard InChI is InChI=1S/C13H21NO3/c15-13(16)8-2-1-3-9(6-8)14-11-7-10-4-5-12(11)17-10/h8-12,14H,1-7H2,(H,15,16). The summed E-state index contributed by atoms with van der Waals surface area (Å²) >= 11 is 0. The number of aliphatic carboxylic acids is 1. The summed E-state index contributed by atoms with van der Waals surface area (Å²) in [6.07, 6.45) is 8.18. The summed E-state index contributed by atoms with van der Waals surface area (Å²) in [6.45, 7) is 0. The van der Waals surface area contributed by atoms with Gasteiger partial charge in [0.2, 0.25) is 0 Å². The Morgan fingerprint density at radius 1 is 1.18 bits per heavy atom. The van der Waals surface area contributed by atoms with Crippen molar-refractivity contribution in [2.75, 3.05) is 0 Å². The molecule has 17 heavy (non-hydrogen) atoms. The Morgan fingerprint density at radius 2 is 2.06 bits per heavy atom. The molecule has 2 saturated heterocycles. The van der Waals surface area contributed by atoms with E-state index in [1.165, 1.54) is 12.8 Å². The second-order valence-corrected chi connectivity index (χ2v) is 5.78. The van der Waals surface area contributed by atoms with Gasteiger partial charge in [0.1, 0.15) is 0 Å². The first kappa shape index (κ1) is 11.5. The van der Waals surface area contributed by atoms with Gasteiger partial charge in [-0.1, -0.05) is 6.42 Å². The minimum absolute atomic E-state index is 0.138. The van der Waals surface area contributed by atoms with Crippen molar-refractivity contribution in [1.82, 2.24) is 5.32 Å². The minimum atomic E-state index is -0.624. The lowest BCUT2D eigenvalue weighted by Crippen LogP contribution is -2.46. The molecule has 2 heterocycles. The third-order valence-electron chi connectivity index (χ3n) is 4.58. The van der Waals surface area contributed by atoms with E-state index in [-0.39, 0.29) is 5.92 Å². The average Bonchev–Trinajstić information content (AvgIpc) is 2.91. The van der Waals surface area contributed by atoms with Crippen LogP contribution in [0.5, 0.6) is 0 Å². The molecule has 3 aliphatic rings. The summed E-state index contributed by atoms with van der Waals surface area (Å²) in [6, 6.07) is 0.865. The van der Waals surface area contributed by atoms with E-state index < -0.39 is 5.97 Å². The van der Waals surface area contributed by atoms with Crippen molar-refractivity contribution in [3.8, 4) is 0 Å². The molecule has 1 aliphatic carbocycles. The second-order valence-electron chi connectivity index (χ2n) is 5.78. The largest absolute Gasteiger partial charge is 0.481 e. The fraction of sp³-hybridized carbons (Fsp3) is 0.923. The lowest BCUT2D eigenvalue weighted by Gasteiger charge is -2.31. The first-order valence-corrected chi connectivity index (χ1v) is 6.86. The lowest BCUT2D eigenvalue weighted by atomic mass is 9.84. The van der Waals surface area contributed by atoms with Gasteiger partial charge in [0.05, 0.1) is 18.1 Å². The highest BCUT2D eigenvalue weighted by atomic mass is 16.5. The molecule has 4 heteroatoms. The maximum absolute atomic E-state index is 11.0. The van der Waals surface area contributed by atoms with Gasteiger partial charge in [-0.25, -0.2) is 0 Å². The monoisotopic (exact) mass is 239 g/mol. The fourth-order valence-electron chi connectivity index (χ4n) is 3.68. The van der Waals surface area contributed by atoms with Crippen LogP contribution in [0.3, 0.4) is 0 Å². The molecule has 0 aromatic rings. The van der Waals surface area contributed by atoms with E-state index in [1.807, 2.05) is 0 Å². The predicted molar refractivity (Wildman–Crippen MR) is 62.8 cm³/mol. The molecular weight excluding hydrogens is 218 g/mol. The number of ether oxygens (including phenoxy) is 1. The van der Waals surface area contributed by atoms with E-state index in [2.05, 4.69) is 5.32 Å². The zero-order chi connectivity index (χ0) is 11.8. The number of hydrogen-bond donors (Lipinski definition) is 2. The maximum atomic E-state index is 11.0. The zero-order valence-corrected chi connectivity index (χ0v) is 10.1. The number of nitrogens with one attached hydrogen (secondary N) is 1. The maximum Gasteiger partial charge on any atom is 0.306 e. The van der Waals surface area contributed by atoms with Crippen LogP contribution in [-0.2, 0) is 9.53 Å². The molecule has 96 valence electrons. The Kier molecular flexibility index (Phi) is 3.09. The van der Waals surface area contributed by atoms with Gasteiger partial charge in [0.15, 0.2) is 0 Å². The Morgan fingerprint density at radius 3 is 2.71 bits per heavy atom. The highest BCUT2D eigenvalue weighted by Crippen LogP contribution is 2.35. The number of fused-ring (bicyclic) bond motifs is 2. The first-order chi connectivity index (χ1) is 8.22. The van der Waals surface area contributed by atoms with Crippen LogP contribution in [0.1, 0.15) is 44.9 Å². The van der Waals surface area contributed by atoms with Crippen LogP contribution >= 0.6 is 0 Å². The first-order valence-electron chi connectivity index (χ1n) is 6.86. The third-order valence-corrected chi connectivity index (χ3v) is 4.58. The molecule has 3 fully saturated rings. The van der Waals surface area contributed by atoms with Crippen LogP contribution in [0.25, 0.3) is 0 Å². The van der Waals surface area contributed by atoms with E-state index in [9.17, 15) is 4.79 Å². The smallest absolute Gasteiger partial charge is 0.306 e. The van der Waals surface area contributed by atoms with Gasteiger partial charge in [-0.2, -0.15) is 0 Å². The molecule has 0 amide bonds. The van der Waals surface area contributed by atoms with Crippen molar-refractivity contribution in [3.63, 3.8) is 0 Å². The molecule has 0 radical (unpaired) electrons. The average molecular weight is 239 g/mol. The normalized spacial score (nSPS) is 45.1.